The number of hydrogen-bond acceptors (Lipinski definition) is 4. The highest BCUT2D eigenvalue weighted by Crippen LogP contribution is 2.22. The smallest absolute Gasteiger partial charge is 0.333 e. The van der Waals surface area contributed by atoms with Crippen LogP contribution in [0.2, 0.25) is 0 Å². The zero-order valence-electron chi connectivity index (χ0n) is 17.9. The van der Waals surface area contributed by atoms with Gasteiger partial charge in [0.25, 0.3) is 5.56 Å². The van der Waals surface area contributed by atoms with Gasteiger partial charge in [-0.3, -0.25) is 14.2 Å². The van der Waals surface area contributed by atoms with Crippen LogP contribution in [0.25, 0.3) is 11.2 Å². The molecule has 1 amide bonds. The largest absolute Gasteiger partial charge is 0.354 e. The lowest BCUT2D eigenvalue weighted by Gasteiger charge is -2.21. The predicted octanol–water partition coefficient (Wildman–Crippen LogP) is 2.12. The van der Waals surface area contributed by atoms with Crippen molar-refractivity contribution < 1.29 is 4.79 Å². The summed E-state index contributed by atoms with van der Waals surface area (Å²) < 4.78 is 4.23. The zero-order chi connectivity index (χ0) is 21.8. The Bertz CT molecular complexity index is 1170. The second-order valence-corrected chi connectivity index (χ2v) is 8.26. The Morgan fingerprint density at radius 2 is 1.84 bits per heavy atom. The normalized spacial score (nSPS) is 14.7. The van der Waals surface area contributed by atoms with Crippen molar-refractivity contribution in [1.29, 1.82) is 0 Å². The average molecular weight is 424 g/mol. The van der Waals surface area contributed by atoms with Crippen molar-refractivity contribution in [2.45, 2.75) is 58.7 Å². The summed E-state index contributed by atoms with van der Waals surface area (Å²) in [4.78, 5) is 43.3. The maximum absolute atomic E-state index is 13.2. The van der Waals surface area contributed by atoms with Crippen LogP contribution in [0.1, 0.15) is 44.6 Å². The minimum atomic E-state index is -0.518. The third kappa shape index (κ3) is 4.47. The Morgan fingerprint density at radius 3 is 2.55 bits per heavy atom. The van der Waals surface area contributed by atoms with Gasteiger partial charge in [0, 0.05) is 13.1 Å². The van der Waals surface area contributed by atoms with E-state index in [1.165, 1.54) is 23.8 Å². The van der Waals surface area contributed by atoms with Gasteiger partial charge >= 0.3 is 5.69 Å². The monoisotopic (exact) mass is 423 g/mol. The highest BCUT2D eigenvalue weighted by molar-refractivity contribution is 5.76. The third-order valence-electron chi connectivity index (χ3n) is 6.12. The van der Waals surface area contributed by atoms with Gasteiger partial charge in [0.15, 0.2) is 11.2 Å². The minimum Gasteiger partial charge on any atom is -0.354 e. The van der Waals surface area contributed by atoms with Gasteiger partial charge in [0.2, 0.25) is 5.91 Å². The molecule has 0 aliphatic heterocycles. The second kappa shape index (κ2) is 9.32. The summed E-state index contributed by atoms with van der Waals surface area (Å²) in [6, 6.07) is 9.54. The highest BCUT2D eigenvalue weighted by atomic mass is 16.2. The Labute approximate surface area is 180 Å². The number of fused-ring (bicyclic) bond motifs is 1. The van der Waals surface area contributed by atoms with E-state index in [1.54, 1.807) is 10.9 Å². The summed E-state index contributed by atoms with van der Waals surface area (Å²) >= 11 is 0. The van der Waals surface area contributed by atoms with Crippen LogP contribution in [-0.2, 0) is 24.4 Å². The zero-order valence-corrected chi connectivity index (χ0v) is 17.9. The van der Waals surface area contributed by atoms with Crippen LogP contribution in [0.3, 0.4) is 0 Å². The number of carbonyl (C=O) groups is 1. The number of imidazole rings is 1. The molecule has 1 fully saturated rings. The lowest BCUT2D eigenvalue weighted by atomic mass is 9.89. The fourth-order valence-electron chi connectivity index (χ4n) is 4.38. The fraction of sp³-hybridized carbons (Fsp3) is 0.478. The molecule has 8 heteroatoms. The summed E-state index contributed by atoms with van der Waals surface area (Å²) in [6.45, 7) is 3.05. The van der Waals surface area contributed by atoms with E-state index in [9.17, 15) is 14.4 Å². The average Bonchev–Trinajstić information content (AvgIpc) is 3.24. The van der Waals surface area contributed by atoms with Crippen molar-refractivity contribution in [2.24, 2.45) is 5.92 Å². The number of nitrogens with one attached hydrogen (secondary N) is 1. The highest BCUT2D eigenvalue weighted by Gasteiger charge is 2.20. The molecule has 2 aromatic heterocycles. The van der Waals surface area contributed by atoms with Gasteiger partial charge in [0.1, 0.15) is 6.54 Å². The number of carbonyl (C=O) groups excluding carboxylic acids is 1. The first kappa shape index (κ1) is 21.1. The molecular formula is C23H29N5O3. The molecule has 8 nitrogen and oxygen atoms in total. The number of nitrogens with zero attached hydrogens (tertiary/aromatic N) is 4. The molecule has 1 N–H and O–H groups in total. The number of rotatable bonds is 7. The predicted molar refractivity (Wildman–Crippen MR) is 119 cm³/mol. The lowest BCUT2D eigenvalue weighted by molar-refractivity contribution is -0.122. The van der Waals surface area contributed by atoms with Crippen LogP contribution >= 0.6 is 0 Å². The van der Waals surface area contributed by atoms with E-state index in [-0.39, 0.29) is 19.0 Å². The minimum absolute atomic E-state index is 0.279. The van der Waals surface area contributed by atoms with E-state index in [4.69, 9.17) is 0 Å². The third-order valence-corrected chi connectivity index (χ3v) is 6.12. The van der Waals surface area contributed by atoms with Crippen LogP contribution in [0, 0.1) is 5.92 Å². The van der Waals surface area contributed by atoms with Crippen LogP contribution in [0.5, 0.6) is 0 Å². The molecule has 0 saturated heterocycles. The van der Waals surface area contributed by atoms with Gasteiger partial charge in [-0.2, -0.15) is 0 Å². The molecule has 164 valence electrons. The first-order valence-corrected chi connectivity index (χ1v) is 11.1. The van der Waals surface area contributed by atoms with Crippen LogP contribution in [0.15, 0.2) is 46.2 Å². The van der Waals surface area contributed by atoms with Crippen LogP contribution in [-0.4, -0.2) is 31.1 Å². The van der Waals surface area contributed by atoms with Gasteiger partial charge in [-0.1, -0.05) is 49.6 Å². The summed E-state index contributed by atoms with van der Waals surface area (Å²) in [5, 5.41) is 2.93. The summed E-state index contributed by atoms with van der Waals surface area (Å²) in [6.07, 6.45) is 7.45. The number of aromatic nitrogens is 4. The van der Waals surface area contributed by atoms with E-state index in [0.717, 1.165) is 23.0 Å². The van der Waals surface area contributed by atoms with E-state index in [1.807, 2.05) is 37.3 Å². The molecule has 1 aliphatic rings. The molecule has 3 aromatic rings. The van der Waals surface area contributed by atoms with Crippen molar-refractivity contribution >= 4 is 17.1 Å². The summed E-state index contributed by atoms with van der Waals surface area (Å²) in [5.74, 6) is 0.172. The molecular weight excluding hydrogens is 394 g/mol. The van der Waals surface area contributed by atoms with E-state index < -0.39 is 11.2 Å². The number of benzene rings is 1. The standard InChI is InChI=1S/C23H29N5O3/c1-2-26-16-25-21-20(26)22(30)28(15-19(29)24-13-17-9-5-3-6-10-17)23(31)27(21)14-18-11-7-4-8-12-18/h4,7-8,11-12,16-17H,2-3,5-6,9-10,13-15H2,1H3,(H,24,29). The van der Waals surface area contributed by atoms with Gasteiger partial charge in [-0.05, 0) is 31.2 Å². The number of aryl methyl sites for hydroxylation is 1. The SMILES string of the molecule is CCn1cnc2c1c(=O)n(CC(=O)NCC1CCCCC1)c(=O)n2Cc1ccccc1. The van der Waals surface area contributed by atoms with Gasteiger partial charge in [0.05, 0.1) is 12.9 Å². The molecule has 4 rings (SSSR count). The molecule has 31 heavy (non-hydrogen) atoms. The Hall–Kier alpha value is -3.16. The Kier molecular flexibility index (Phi) is 6.34. The maximum atomic E-state index is 13.2. The van der Waals surface area contributed by atoms with E-state index in [2.05, 4.69) is 10.3 Å². The van der Waals surface area contributed by atoms with Crippen molar-refractivity contribution in [2.75, 3.05) is 6.54 Å². The Morgan fingerprint density at radius 1 is 1.10 bits per heavy atom. The topological polar surface area (TPSA) is 90.9 Å². The van der Waals surface area contributed by atoms with Gasteiger partial charge in [-0.15, -0.1) is 0 Å². The van der Waals surface area contributed by atoms with Crippen LogP contribution in [0.4, 0.5) is 0 Å². The molecule has 1 aromatic carbocycles. The first-order chi connectivity index (χ1) is 15.1. The van der Waals surface area contributed by atoms with Gasteiger partial charge < -0.3 is 9.88 Å². The molecule has 0 spiro atoms. The van der Waals surface area contributed by atoms with E-state index in [0.29, 0.717) is 30.2 Å². The summed E-state index contributed by atoms with van der Waals surface area (Å²) in [5.41, 5.74) is 0.619. The van der Waals surface area contributed by atoms with Crippen LogP contribution < -0.4 is 16.6 Å². The quantitative estimate of drug-likeness (QED) is 0.630. The number of amides is 1. The Balaban J connectivity index is 1.66. The van der Waals surface area contributed by atoms with Crippen molar-refractivity contribution in [3.63, 3.8) is 0 Å². The lowest BCUT2D eigenvalue weighted by Crippen LogP contribution is -2.45. The van der Waals surface area contributed by atoms with Crippen molar-refractivity contribution in [3.05, 3.63) is 63.1 Å². The van der Waals surface area contributed by atoms with Crippen molar-refractivity contribution in [1.82, 2.24) is 24.0 Å². The maximum Gasteiger partial charge on any atom is 0.333 e. The molecule has 2 heterocycles. The molecule has 0 bridgehead atoms. The molecule has 0 radical (unpaired) electrons. The number of hydrogen-bond donors (Lipinski definition) is 1. The second-order valence-electron chi connectivity index (χ2n) is 8.26. The summed E-state index contributed by atoms with van der Waals surface area (Å²) in [7, 11) is 0. The first-order valence-electron chi connectivity index (χ1n) is 11.1. The molecule has 0 atom stereocenters. The van der Waals surface area contributed by atoms with E-state index >= 15 is 0 Å². The molecule has 0 unspecified atom stereocenters. The molecule has 1 saturated carbocycles. The van der Waals surface area contributed by atoms with Gasteiger partial charge in [-0.25, -0.2) is 14.3 Å². The van der Waals surface area contributed by atoms with Crippen molar-refractivity contribution in [3.8, 4) is 0 Å². The fourth-order valence-corrected chi connectivity index (χ4v) is 4.38. The molecule has 1 aliphatic carbocycles.